The third kappa shape index (κ3) is 3.42. The highest BCUT2D eigenvalue weighted by Gasteiger charge is 2.32. The third-order valence-corrected chi connectivity index (χ3v) is 5.28. The van der Waals surface area contributed by atoms with Crippen LogP contribution in [0, 0.1) is 11.8 Å². The molecule has 2 saturated heterocycles. The van der Waals surface area contributed by atoms with Crippen molar-refractivity contribution in [3.63, 3.8) is 0 Å². The minimum absolute atomic E-state index is 0.747. The molecule has 2 heterocycles. The maximum atomic E-state index is 3.55. The zero-order chi connectivity index (χ0) is 13.8. The molecule has 3 atom stereocenters. The van der Waals surface area contributed by atoms with Crippen molar-refractivity contribution >= 4 is 0 Å². The van der Waals surface area contributed by atoms with Crippen molar-refractivity contribution in [1.29, 1.82) is 0 Å². The van der Waals surface area contributed by atoms with E-state index in [1.165, 1.54) is 57.4 Å². The second-order valence-electron chi connectivity index (χ2n) is 6.69. The number of rotatable bonds is 4. The number of nitrogens with one attached hydrogen (secondary N) is 1. The van der Waals surface area contributed by atoms with E-state index >= 15 is 0 Å². The van der Waals surface area contributed by atoms with Crippen LogP contribution < -0.4 is 5.32 Å². The minimum Gasteiger partial charge on any atom is -0.316 e. The van der Waals surface area contributed by atoms with Crippen LogP contribution in [0.4, 0.5) is 0 Å². The first-order valence-corrected chi connectivity index (χ1v) is 8.31. The highest BCUT2D eigenvalue weighted by atomic mass is 15.2. The minimum atomic E-state index is 0.747. The summed E-state index contributed by atoms with van der Waals surface area (Å²) in [6.07, 6.45) is 5.40. The first-order chi connectivity index (χ1) is 9.83. The average molecular weight is 272 g/mol. The normalized spacial score (nSPS) is 31.6. The maximum Gasteiger partial charge on any atom is 0.00989 e. The number of nitrogens with zero attached hydrogens (tertiary/aromatic N) is 1. The molecule has 3 unspecified atom stereocenters. The van der Waals surface area contributed by atoms with E-state index in [1.54, 1.807) is 0 Å². The molecule has 0 spiro atoms. The molecule has 2 heteroatoms. The van der Waals surface area contributed by atoms with Gasteiger partial charge in [-0.05, 0) is 69.6 Å². The molecule has 1 N–H and O–H groups in total. The standard InChI is InChI=1S/C18H28N2/c1-15-18(12-16-6-3-2-4-7-16)9-11-20(15)14-17-8-5-10-19-13-17/h2-4,6-7,15,17-19H,5,8-14H2,1H3. The molecular formula is C18H28N2. The van der Waals surface area contributed by atoms with E-state index in [2.05, 4.69) is 47.5 Å². The summed E-state index contributed by atoms with van der Waals surface area (Å²) in [6.45, 7) is 7.50. The lowest BCUT2D eigenvalue weighted by atomic mass is 9.93. The predicted octanol–water partition coefficient (Wildman–Crippen LogP) is 2.94. The number of benzene rings is 1. The lowest BCUT2D eigenvalue weighted by Crippen LogP contribution is -2.40. The van der Waals surface area contributed by atoms with Gasteiger partial charge in [0.15, 0.2) is 0 Å². The van der Waals surface area contributed by atoms with Gasteiger partial charge in [0.2, 0.25) is 0 Å². The third-order valence-electron chi connectivity index (χ3n) is 5.28. The van der Waals surface area contributed by atoms with Crippen molar-refractivity contribution in [2.45, 2.75) is 38.6 Å². The van der Waals surface area contributed by atoms with E-state index in [4.69, 9.17) is 0 Å². The molecular weight excluding hydrogens is 244 g/mol. The van der Waals surface area contributed by atoms with Crippen molar-refractivity contribution in [2.24, 2.45) is 11.8 Å². The van der Waals surface area contributed by atoms with Gasteiger partial charge in [-0.15, -0.1) is 0 Å². The quantitative estimate of drug-likeness (QED) is 0.906. The smallest absolute Gasteiger partial charge is 0.00989 e. The summed E-state index contributed by atoms with van der Waals surface area (Å²) in [5.41, 5.74) is 1.51. The number of hydrogen-bond acceptors (Lipinski definition) is 2. The topological polar surface area (TPSA) is 15.3 Å². The van der Waals surface area contributed by atoms with Crippen LogP contribution in [0.5, 0.6) is 0 Å². The summed E-state index contributed by atoms with van der Waals surface area (Å²) in [6, 6.07) is 11.8. The Morgan fingerprint density at radius 2 is 2.05 bits per heavy atom. The Kier molecular flexibility index (Phi) is 4.74. The van der Waals surface area contributed by atoms with Crippen LogP contribution in [-0.4, -0.2) is 37.1 Å². The van der Waals surface area contributed by atoms with Gasteiger partial charge >= 0.3 is 0 Å². The summed E-state index contributed by atoms with van der Waals surface area (Å²) < 4.78 is 0. The Morgan fingerprint density at radius 3 is 2.80 bits per heavy atom. The van der Waals surface area contributed by atoms with Crippen molar-refractivity contribution in [3.8, 4) is 0 Å². The zero-order valence-electron chi connectivity index (χ0n) is 12.7. The van der Waals surface area contributed by atoms with E-state index in [0.717, 1.165) is 17.9 Å². The molecule has 2 aliphatic rings. The molecule has 0 aromatic heterocycles. The average Bonchev–Trinajstić information content (AvgIpc) is 2.83. The molecule has 110 valence electrons. The molecule has 0 saturated carbocycles. The van der Waals surface area contributed by atoms with E-state index in [0.29, 0.717) is 0 Å². The second-order valence-corrected chi connectivity index (χ2v) is 6.69. The van der Waals surface area contributed by atoms with E-state index < -0.39 is 0 Å². The molecule has 3 rings (SSSR count). The zero-order valence-corrected chi connectivity index (χ0v) is 12.7. The monoisotopic (exact) mass is 272 g/mol. The van der Waals surface area contributed by atoms with Crippen LogP contribution in [0.25, 0.3) is 0 Å². The molecule has 1 aromatic rings. The van der Waals surface area contributed by atoms with Gasteiger partial charge < -0.3 is 10.2 Å². The number of piperidine rings is 1. The molecule has 0 radical (unpaired) electrons. The van der Waals surface area contributed by atoms with Gasteiger partial charge in [0.25, 0.3) is 0 Å². The molecule has 2 nitrogen and oxygen atoms in total. The van der Waals surface area contributed by atoms with Crippen molar-refractivity contribution in [3.05, 3.63) is 35.9 Å². The van der Waals surface area contributed by atoms with Gasteiger partial charge in [0, 0.05) is 12.6 Å². The first-order valence-electron chi connectivity index (χ1n) is 8.31. The van der Waals surface area contributed by atoms with Crippen LogP contribution in [0.15, 0.2) is 30.3 Å². The molecule has 1 aromatic carbocycles. The van der Waals surface area contributed by atoms with E-state index in [-0.39, 0.29) is 0 Å². The molecule has 0 bridgehead atoms. The lowest BCUT2D eigenvalue weighted by Gasteiger charge is -2.31. The Bertz CT molecular complexity index is 397. The summed E-state index contributed by atoms with van der Waals surface area (Å²) >= 11 is 0. The largest absolute Gasteiger partial charge is 0.316 e. The molecule has 2 fully saturated rings. The highest BCUT2D eigenvalue weighted by molar-refractivity contribution is 5.16. The Balaban J connectivity index is 1.52. The SMILES string of the molecule is CC1C(Cc2ccccc2)CCN1CC1CCCNC1. The van der Waals surface area contributed by atoms with Gasteiger partial charge in [-0.25, -0.2) is 0 Å². The molecule has 2 aliphatic heterocycles. The molecule has 0 amide bonds. The van der Waals surface area contributed by atoms with Crippen LogP contribution in [0.1, 0.15) is 31.7 Å². The van der Waals surface area contributed by atoms with Gasteiger partial charge in [-0.1, -0.05) is 30.3 Å². The van der Waals surface area contributed by atoms with Crippen molar-refractivity contribution in [1.82, 2.24) is 10.2 Å². The van der Waals surface area contributed by atoms with Gasteiger partial charge in [-0.2, -0.15) is 0 Å². The number of hydrogen-bond donors (Lipinski definition) is 1. The van der Waals surface area contributed by atoms with Crippen LogP contribution in [0.2, 0.25) is 0 Å². The van der Waals surface area contributed by atoms with Gasteiger partial charge in [0.05, 0.1) is 0 Å². The highest BCUT2D eigenvalue weighted by Crippen LogP contribution is 2.28. The van der Waals surface area contributed by atoms with Crippen molar-refractivity contribution in [2.75, 3.05) is 26.2 Å². The second kappa shape index (κ2) is 6.73. The van der Waals surface area contributed by atoms with Crippen molar-refractivity contribution < 1.29 is 0 Å². The first kappa shape index (κ1) is 14.1. The summed E-state index contributed by atoms with van der Waals surface area (Å²) in [5, 5.41) is 3.55. The fraction of sp³-hybridized carbons (Fsp3) is 0.667. The summed E-state index contributed by atoms with van der Waals surface area (Å²) in [5.74, 6) is 1.72. The Hall–Kier alpha value is -0.860. The Labute approximate surface area is 123 Å². The number of likely N-dealkylation sites (tertiary alicyclic amines) is 1. The maximum absolute atomic E-state index is 3.55. The molecule has 20 heavy (non-hydrogen) atoms. The van der Waals surface area contributed by atoms with Crippen LogP contribution >= 0.6 is 0 Å². The lowest BCUT2D eigenvalue weighted by molar-refractivity contribution is 0.188. The van der Waals surface area contributed by atoms with Crippen LogP contribution in [0.3, 0.4) is 0 Å². The predicted molar refractivity (Wildman–Crippen MR) is 84.9 cm³/mol. The summed E-state index contributed by atoms with van der Waals surface area (Å²) in [4.78, 5) is 2.74. The molecule has 0 aliphatic carbocycles. The fourth-order valence-corrected chi connectivity index (χ4v) is 3.93. The fourth-order valence-electron chi connectivity index (χ4n) is 3.93. The van der Waals surface area contributed by atoms with Gasteiger partial charge in [0.1, 0.15) is 0 Å². The van der Waals surface area contributed by atoms with E-state index in [1.807, 2.05) is 0 Å². The summed E-state index contributed by atoms with van der Waals surface area (Å²) in [7, 11) is 0. The van der Waals surface area contributed by atoms with Gasteiger partial charge in [-0.3, -0.25) is 0 Å². The Morgan fingerprint density at radius 1 is 1.20 bits per heavy atom. The van der Waals surface area contributed by atoms with Crippen LogP contribution in [-0.2, 0) is 6.42 Å². The van der Waals surface area contributed by atoms with E-state index in [9.17, 15) is 0 Å².